The van der Waals surface area contributed by atoms with Crippen molar-refractivity contribution >= 4 is 29.4 Å². The van der Waals surface area contributed by atoms with Gasteiger partial charge in [-0.25, -0.2) is 0 Å². The van der Waals surface area contributed by atoms with E-state index < -0.39 is 11.7 Å². The van der Waals surface area contributed by atoms with Crippen molar-refractivity contribution < 1.29 is 22.6 Å². The Morgan fingerprint density at radius 2 is 1.73 bits per heavy atom. The molecular weight excluding hydrogens is 399 g/mol. The summed E-state index contributed by atoms with van der Waals surface area (Å²) in [6, 6.07) is 10.1. The lowest BCUT2D eigenvalue weighted by atomic mass is 10.2. The van der Waals surface area contributed by atoms with Crippen LogP contribution in [0, 0.1) is 0 Å². The van der Waals surface area contributed by atoms with Gasteiger partial charge in [0.1, 0.15) is 17.7 Å². The van der Waals surface area contributed by atoms with Crippen molar-refractivity contribution in [1.29, 1.82) is 0 Å². The first kappa shape index (κ1) is 19.6. The van der Waals surface area contributed by atoms with E-state index in [2.05, 4.69) is 20.4 Å². The lowest BCUT2D eigenvalue weighted by Crippen LogP contribution is -2.44. The number of anilines is 1. The minimum absolute atomic E-state index is 0.143. The molecule has 1 N–H and O–H groups in total. The Balaban J connectivity index is 1.74. The highest BCUT2D eigenvalue weighted by atomic mass is 19.4. The molecule has 2 aromatic rings. The topological polar surface area (TPSA) is 67.6 Å². The molecule has 2 aromatic carbocycles. The van der Waals surface area contributed by atoms with Gasteiger partial charge in [0.05, 0.1) is 26.0 Å². The van der Waals surface area contributed by atoms with Gasteiger partial charge in [-0.05, 0) is 23.3 Å². The molecule has 4 rings (SSSR count). The van der Waals surface area contributed by atoms with E-state index in [1.807, 2.05) is 0 Å². The number of benzene rings is 2. The number of halogens is 3. The molecule has 0 spiro atoms. The van der Waals surface area contributed by atoms with Gasteiger partial charge in [0.2, 0.25) is 0 Å². The Kier molecular flexibility index (Phi) is 4.78. The molecule has 0 amide bonds. The number of guanidine groups is 1. The maximum atomic E-state index is 13.0. The number of hydrogen-bond donors (Lipinski definition) is 1. The van der Waals surface area contributed by atoms with Crippen LogP contribution in [0.3, 0.4) is 0 Å². The lowest BCUT2D eigenvalue weighted by Gasteiger charge is -2.24. The molecule has 0 fully saturated rings. The molecule has 1 atom stereocenters. The maximum absolute atomic E-state index is 13.0. The zero-order valence-corrected chi connectivity index (χ0v) is 16.0. The third-order valence-electron chi connectivity index (χ3n) is 4.56. The standard InChI is InChI=1S/C20H17F3N5O2/c1-29-16-9-15(10-17(11-16)30-2)28-7-6-24-12-18(28)26-19(27-28)25-14-5-3-4-13(8-14)20(21,22)23/h3-12H,1-2H3,(H,25,27)/q+1. The Hall–Kier alpha value is -3.66. The van der Waals surface area contributed by atoms with Gasteiger partial charge in [0.15, 0.2) is 11.9 Å². The molecule has 10 heteroatoms. The summed E-state index contributed by atoms with van der Waals surface area (Å²) in [6.07, 6.45) is 0.366. The van der Waals surface area contributed by atoms with Crippen molar-refractivity contribution in [1.82, 2.24) is 4.59 Å². The van der Waals surface area contributed by atoms with E-state index in [1.165, 1.54) is 32.6 Å². The number of methoxy groups -OCH3 is 2. The van der Waals surface area contributed by atoms with E-state index >= 15 is 0 Å². The highest BCUT2D eigenvalue weighted by molar-refractivity contribution is 6.38. The number of aliphatic imine (C=N–C) groups is 2. The van der Waals surface area contributed by atoms with Crippen molar-refractivity contribution in [2.24, 2.45) is 15.1 Å². The maximum Gasteiger partial charge on any atom is 0.416 e. The Bertz CT molecular complexity index is 1090. The van der Waals surface area contributed by atoms with Crippen LogP contribution in [0.1, 0.15) is 5.56 Å². The van der Waals surface area contributed by atoms with Crippen molar-refractivity contribution in [3.63, 3.8) is 0 Å². The minimum atomic E-state index is -4.45. The molecule has 0 saturated heterocycles. The fourth-order valence-electron chi connectivity index (χ4n) is 3.10. The highest BCUT2D eigenvalue weighted by Crippen LogP contribution is 2.37. The van der Waals surface area contributed by atoms with E-state index in [9.17, 15) is 13.2 Å². The molecule has 0 aliphatic carbocycles. The van der Waals surface area contributed by atoms with Gasteiger partial charge in [-0.2, -0.15) is 18.2 Å². The lowest BCUT2D eigenvalue weighted by molar-refractivity contribution is -0.137. The number of hydrogen-bond acceptors (Lipinski definition) is 6. The number of alkyl halides is 3. The number of ether oxygens (including phenoxy) is 2. The average Bonchev–Trinajstić information content (AvgIpc) is 3.12. The smallest absolute Gasteiger partial charge is 0.416 e. The number of nitrogens with zero attached hydrogens (tertiary/aromatic N) is 4. The molecule has 0 aromatic heterocycles. The fourth-order valence-corrected chi connectivity index (χ4v) is 3.10. The number of amidine groups is 1. The molecule has 2 heterocycles. The van der Waals surface area contributed by atoms with E-state index in [4.69, 9.17) is 9.47 Å². The van der Waals surface area contributed by atoms with Crippen LogP contribution in [0.4, 0.5) is 24.5 Å². The zero-order chi connectivity index (χ0) is 21.4. The van der Waals surface area contributed by atoms with Gasteiger partial charge in [-0.15, -0.1) is 0 Å². The SMILES string of the molecule is COc1cc(OC)cc([N+]23C=CN=CC2=NC(Nc2cccc(C(F)(F)F)c2)=N3)c1. The van der Waals surface area contributed by atoms with Crippen LogP contribution in [0.25, 0.3) is 0 Å². The van der Waals surface area contributed by atoms with Crippen LogP contribution >= 0.6 is 0 Å². The monoisotopic (exact) mass is 416 g/mol. The summed E-state index contributed by atoms with van der Waals surface area (Å²) >= 11 is 0. The molecular formula is C20H17F3N5O2+. The highest BCUT2D eigenvalue weighted by Gasteiger charge is 2.43. The summed E-state index contributed by atoms with van der Waals surface area (Å²) in [7, 11) is 3.07. The second-order valence-corrected chi connectivity index (χ2v) is 6.43. The second kappa shape index (κ2) is 7.30. The molecule has 0 saturated carbocycles. The van der Waals surface area contributed by atoms with Gasteiger partial charge in [0.25, 0.3) is 11.8 Å². The van der Waals surface area contributed by atoms with Crippen LogP contribution in [0.5, 0.6) is 11.5 Å². The molecule has 0 bridgehead atoms. The van der Waals surface area contributed by atoms with Crippen molar-refractivity contribution in [2.45, 2.75) is 6.18 Å². The van der Waals surface area contributed by atoms with Crippen LogP contribution < -0.4 is 19.4 Å². The molecule has 2 aliphatic rings. The molecule has 1 unspecified atom stereocenters. The summed E-state index contributed by atoms with van der Waals surface area (Å²) < 4.78 is 49.5. The summed E-state index contributed by atoms with van der Waals surface area (Å²) in [6.45, 7) is 0. The Labute approximate surface area is 170 Å². The van der Waals surface area contributed by atoms with Gasteiger partial charge < -0.3 is 14.8 Å². The van der Waals surface area contributed by atoms with Crippen molar-refractivity contribution in [3.8, 4) is 11.5 Å². The summed E-state index contributed by atoms with van der Waals surface area (Å²) in [5.74, 6) is 1.72. The van der Waals surface area contributed by atoms with Crippen LogP contribution in [0.15, 0.2) is 70.0 Å². The summed E-state index contributed by atoms with van der Waals surface area (Å²) in [4.78, 5) is 8.52. The van der Waals surface area contributed by atoms with Crippen LogP contribution in [-0.4, -0.2) is 32.2 Å². The first-order chi connectivity index (χ1) is 14.3. The number of rotatable bonds is 4. The molecule has 30 heavy (non-hydrogen) atoms. The average molecular weight is 416 g/mol. The summed E-state index contributed by atoms with van der Waals surface area (Å²) in [5.41, 5.74) is 0.114. The molecule has 7 nitrogen and oxygen atoms in total. The van der Waals surface area contributed by atoms with Crippen LogP contribution in [-0.2, 0) is 6.18 Å². The Morgan fingerprint density at radius 3 is 2.40 bits per heavy atom. The number of nitrogens with one attached hydrogen (secondary N) is 1. The van der Waals surface area contributed by atoms with E-state index in [1.54, 1.807) is 30.6 Å². The van der Waals surface area contributed by atoms with Gasteiger partial charge in [0, 0.05) is 23.9 Å². The third kappa shape index (κ3) is 3.52. The van der Waals surface area contributed by atoms with Crippen molar-refractivity contribution in [2.75, 3.05) is 19.5 Å². The fraction of sp³-hybridized carbons (Fsp3) is 0.150. The van der Waals surface area contributed by atoms with Gasteiger partial charge >= 0.3 is 6.18 Å². The molecule has 154 valence electrons. The normalized spacial score (nSPS) is 19.8. The number of fused-ring (bicyclic) bond motifs is 1. The molecule has 0 radical (unpaired) electrons. The third-order valence-corrected chi connectivity index (χ3v) is 4.56. The van der Waals surface area contributed by atoms with E-state index in [0.29, 0.717) is 23.0 Å². The van der Waals surface area contributed by atoms with E-state index in [0.717, 1.165) is 12.1 Å². The van der Waals surface area contributed by atoms with E-state index in [-0.39, 0.29) is 16.2 Å². The van der Waals surface area contributed by atoms with Crippen LogP contribution in [0.2, 0.25) is 0 Å². The quantitative estimate of drug-likeness (QED) is 0.753. The van der Waals surface area contributed by atoms with Gasteiger partial charge in [-0.3, -0.25) is 4.99 Å². The summed E-state index contributed by atoms with van der Waals surface area (Å²) in [5, 5.41) is 7.47. The predicted molar refractivity (Wildman–Crippen MR) is 109 cm³/mol. The predicted octanol–water partition coefficient (Wildman–Crippen LogP) is 4.38. The first-order valence-corrected chi connectivity index (χ1v) is 8.81. The number of quaternary nitrogens is 1. The second-order valence-electron chi connectivity index (χ2n) is 6.43. The zero-order valence-electron chi connectivity index (χ0n) is 16.0. The first-order valence-electron chi connectivity index (χ1n) is 8.81. The molecule has 2 aliphatic heterocycles. The largest absolute Gasteiger partial charge is 0.496 e. The van der Waals surface area contributed by atoms with Gasteiger partial charge in [-0.1, -0.05) is 10.7 Å². The minimum Gasteiger partial charge on any atom is -0.496 e. The van der Waals surface area contributed by atoms with Crippen molar-refractivity contribution in [3.05, 3.63) is 60.4 Å². The Morgan fingerprint density at radius 1 is 1.00 bits per heavy atom.